The van der Waals surface area contributed by atoms with Crippen LogP contribution in [0, 0.1) is 0 Å². The minimum absolute atomic E-state index is 0.0806. The van der Waals surface area contributed by atoms with Gasteiger partial charge in [0, 0.05) is 11.3 Å². The zero-order chi connectivity index (χ0) is 13.8. The van der Waals surface area contributed by atoms with Crippen LogP contribution in [0.15, 0.2) is 0 Å². The molecule has 1 aliphatic rings. The van der Waals surface area contributed by atoms with E-state index in [0.717, 1.165) is 17.7 Å². The Hall–Kier alpha value is -1.44. The number of aliphatic carboxylic acids is 1. The lowest BCUT2D eigenvalue weighted by molar-refractivity contribution is -0.137. The van der Waals surface area contributed by atoms with Gasteiger partial charge in [-0.2, -0.15) is 11.8 Å². The highest BCUT2D eigenvalue weighted by Crippen LogP contribution is 2.46. The summed E-state index contributed by atoms with van der Waals surface area (Å²) in [6.45, 7) is -0.465. The topological polar surface area (TPSA) is 113 Å². The molecule has 0 bridgehead atoms. The summed E-state index contributed by atoms with van der Waals surface area (Å²) in [4.78, 5) is 34.0. The van der Waals surface area contributed by atoms with Gasteiger partial charge in [0.15, 0.2) is 0 Å². The highest BCUT2D eigenvalue weighted by molar-refractivity contribution is 8.00. The van der Waals surface area contributed by atoms with Gasteiger partial charge in [-0.25, -0.2) is 4.79 Å². The van der Waals surface area contributed by atoms with Gasteiger partial charge in [-0.15, -0.1) is 0 Å². The third-order valence-electron chi connectivity index (χ3n) is 2.76. The van der Waals surface area contributed by atoms with Crippen molar-refractivity contribution in [1.82, 2.24) is 10.2 Å². The largest absolute Gasteiger partial charge is 0.480 e. The Balaban J connectivity index is 2.47. The number of carboxylic acid groups (broad SMARTS) is 1. The van der Waals surface area contributed by atoms with Crippen molar-refractivity contribution in [3.05, 3.63) is 0 Å². The molecular weight excluding hydrogens is 258 g/mol. The van der Waals surface area contributed by atoms with Crippen molar-refractivity contribution in [2.24, 2.45) is 5.73 Å². The molecule has 102 valence electrons. The third-order valence-corrected chi connectivity index (χ3v) is 4.18. The first-order valence-electron chi connectivity index (χ1n) is 5.46. The monoisotopic (exact) mass is 275 g/mol. The molecule has 1 aliphatic carbocycles. The second-order valence-electron chi connectivity index (χ2n) is 4.26. The molecular formula is C10H17N3O4S. The van der Waals surface area contributed by atoms with E-state index in [1.54, 1.807) is 11.8 Å². The third kappa shape index (κ3) is 4.44. The molecule has 1 fully saturated rings. The molecule has 0 saturated heterocycles. The van der Waals surface area contributed by atoms with Gasteiger partial charge in [0.05, 0.1) is 0 Å². The number of carbonyl (C=O) groups is 3. The Morgan fingerprint density at radius 1 is 1.39 bits per heavy atom. The van der Waals surface area contributed by atoms with Crippen LogP contribution in [0.3, 0.4) is 0 Å². The highest BCUT2D eigenvalue weighted by Gasteiger charge is 2.42. The maximum atomic E-state index is 11.7. The lowest BCUT2D eigenvalue weighted by Crippen LogP contribution is -2.48. The highest BCUT2D eigenvalue weighted by atomic mass is 32.2. The van der Waals surface area contributed by atoms with Gasteiger partial charge < -0.3 is 21.1 Å². The first-order chi connectivity index (χ1) is 8.38. The van der Waals surface area contributed by atoms with E-state index in [9.17, 15) is 14.4 Å². The number of nitrogens with two attached hydrogens (primary N) is 1. The van der Waals surface area contributed by atoms with E-state index in [-0.39, 0.29) is 4.75 Å². The molecule has 0 aromatic carbocycles. The van der Waals surface area contributed by atoms with Crippen LogP contribution in [0.5, 0.6) is 0 Å². The number of thioether (sulfide) groups is 1. The molecule has 0 aromatic rings. The molecule has 0 aliphatic heterocycles. The molecule has 0 atom stereocenters. The van der Waals surface area contributed by atoms with Gasteiger partial charge in [-0.3, -0.25) is 9.59 Å². The maximum Gasteiger partial charge on any atom is 0.323 e. The fraction of sp³-hybridized carbons (Fsp3) is 0.700. The average Bonchev–Trinajstić information content (AvgIpc) is 3.04. The van der Waals surface area contributed by atoms with Crippen LogP contribution in [-0.4, -0.2) is 58.6 Å². The summed E-state index contributed by atoms with van der Waals surface area (Å²) in [5.41, 5.74) is 4.97. The molecule has 7 nitrogen and oxygen atoms in total. The van der Waals surface area contributed by atoms with E-state index < -0.39 is 31.0 Å². The van der Waals surface area contributed by atoms with Crippen molar-refractivity contribution in [3.8, 4) is 0 Å². The summed E-state index contributed by atoms with van der Waals surface area (Å²) < 4.78 is 0.0806. The van der Waals surface area contributed by atoms with E-state index in [4.69, 9.17) is 10.8 Å². The van der Waals surface area contributed by atoms with Crippen molar-refractivity contribution in [1.29, 1.82) is 0 Å². The first kappa shape index (κ1) is 14.6. The van der Waals surface area contributed by atoms with E-state index in [0.29, 0.717) is 6.54 Å². The summed E-state index contributed by atoms with van der Waals surface area (Å²) >= 11 is 1.68. The van der Waals surface area contributed by atoms with Crippen LogP contribution in [0.4, 0.5) is 4.79 Å². The van der Waals surface area contributed by atoms with Gasteiger partial charge in [-0.1, -0.05) is 0 Å². The Bertz CT molecular complexity index is 341. The number of amides is 3. The van der Waals surface area contributed by atoms with E-state index in [1.807, 2.05) is 6.26 Å². The van der Waals surface area contributed by atoms with Crippen LogP contribution >= 0.6 is 11.8 Å². The molecule has 0 aromatic heterocycles. The average molecular weight is 275 g/mol. The van der Waals surface area contributed by atoms with E-state index in [2.05, 4.69) is 5.32 Å². The Morgan fingerprint density at radius 3 is 2.39 bits per heavy atom. The standard InChI is InChI=1S/C10H17N3O4S/c1-18-10(2-3-10)6-12-9(17)13(4-7(11)14)5-8(15)16/h2-6H2,1H3,(H2,11,14)(H,12,17)(H,15,16). The number of hydrogen-bond donors (Lipinski definition) is 3. The molecule has 4 N–H and O–H groups in total. The quantitative estimate of drug-likeness (QED) is 0.578. The lowest BCUT2D eigenvalue weighted by atomic mass is 10.4. The summed E-state index contributed by atoms with van der Waals surface area (Å²) in [5.74, 6) is -1.92. The van der Waals surface area contributed by atoms with Crippen LogP contribution in [0.25, 0.3) is 0 Å². The van der Waals surface area contributed by atoms with Crippen molar-refractivity contribution < 1.29 is 19.5 Å². The minimum atomic E-state index is -1.18. The summed E-state index contributed by atoms with van der Waals surface area (Å²) in [6.07, 6.45) is 4.03. The van der Waals surface area contributed by atoms with Gasteiger partial charge >= 0.3 is 12.0 Å². The Labute approximate surface area is 109 Å². The Morgan fingerprint density at radius 2 is 2.00 bits per heavy atom. The molecule has 8 heteroatoms. The smallest absolute Gasteiger partial charge is 0.323 e. The lowest BCUT2D eigenvalue weighted by Gasteiger charge is -2.21. The summed E-state index contributed by atoms with van der Waals surface area (Å²) in [5, 5.41) is 11.3. The fourth-order valence-electron chi connectivity index (χ4n) is 1.49. The normalized spacial score (nSPS) is 15.8. The molecule has 0 unspecified atom stereocenters. The molecule has 0 radical (unpaired) electrons. The molecule has 3 amide bonds. The Kier molecular flexibility index (Phi) is 4.83. The van der Waals surface area contributed by atoms with Gasteiger partial charge in [-0.05, 0) is 19.1 Å². The summed E-state index contributed by atoms with van der Waals surface area (Å²) in [7, 11) is 0. The van der Waals surface area contributed by atoms with Crippen molar-refractivity contribution >= 4 is 29.7 Å². The molecule has 1 rings (SSSR count). The summed E-state index contributed by atoms with van der Waals surface area (Å²) in [6, 6.07) is -0.573. The number of nitrogens with one attached hydrogen (secondary N) is 1. The molecule has 18 heavy (non-hydrogen) atoms. The molecule has 0 heterocycles. The predicted octanol–water partition coefficient (Wildman–Crippen LogP) is -0.536. The van der Waals surface area contributed by atoms with Crippen LogP contribution in [0.1, 0.15) is 12.8 Å². The van der Waals surface area contributed by atoms with Gasteiger partial charge in [0.25, 0.3) is 0 Å². The number of primary amides is 1. The van der Waals surface area contributed by atoms with E-state index >= 15 is 0 Å². The zero-order valence-electron chi connectivity index (χ0n) is 10.1. The van der Waals surface area contributed by atoms with Crippen LogP contribution in [0.2, 0.25) is 0 Å². The number of urea groups is 1. The SMILES string of the molecule is CSC1(CNC(=O)N(CC(N)=O)CC(=O)O)CC1. The first-order valence-corrected chi connectivity index (χ1v) is 6.69. The van der Waals surface area contributed by atoms with Crippen LogP contribution in [-0.2, 0) is 9.59 Å². The number of hydrogen-bond acceptors (Lipinski definition) is 4. The maximum absolute atomic E-state index is 11.7. The fourth-order valence-corrected chi connectivity index (χ4v) is 2.22. The number of carbonyl (C=O) groups excluding carboxylic acids is 2. The van der Waals surface area contributed by atoms with Crippen LogP contribution < -0.4 is 11.1 Å². The van der Waals surface area contributed by atoms with Crippen molar-refractivity contribution in [3.63, 3.8) is 0 Å². The number of rotatable bonds is 7. The molecule has 0 spiro atoms. The predicted molar refractivity (Wildman–Crippen MR) is 67.3 cm³/mol. The van der Waals surface area contributed by atoms with Gasteiger partial charge in [0.2, 0.25) is 5.91 Å². The van der Waals surface area contributed by atoms with E-state index in [1.165, 1.54) is 0 Å². The molecule has 1 saturated carbocycles. The van der Waals surface area contributed by atoms with Crippen molar-refractivity contribution in [2.45, 2.75) is 17.6 Å². The number of nitrogens with zero attached hydrogens (tertiary/aromatic N) is 1. The van der Waals surface area contributed by atoms with Gasteiger partial charge in [0.1, 0.15) is 13.1 Å². The number of carboxylic acids is 1. The second kappa shape index (κ2) is 5.94. The second-order valence-corrected chi connectivity index (χ2v) is 5.54. The minimum Gasteiger partial charge on any atom is -0.480 e. The zero-order valence-corrected chi connectivity index (χ0v) is 11.0. The van der Waals surface area contributed by atoms with Crippen molar-refractivity contribution in [2.75, 3.05) is 25.9 Å².